The quantitative estimate of drug-likeness (QED) is 0.597. The normalized spacial score (nSPS) is 16.6. The summed E-state index contributed by atoms with van der Waals surface area (Å²) in [4.78, 5) is 19.1. The Hall–Kier alpha value is -2.24. The fourth-order valence-electron chi connectivity index (χ4n) is 2.85. The topological polar surface area (TPSA) is 106 Å². The van der Waals surface area contributed by atoms with Crippen molar-refractivity contribution in [2.75, 3.05) is 0 Å². The first kappa shape index (κ1) is 12.8. The molecule has 0 amide bonds. The molecule has 1 aliphatic carbocycles. The van der Waals surface area contributed by atoms with Crippen molar-refractivity contribution >= 4 is 10.9 Å². The summed E-state index contributed by atoms with van der Waals surface area (Å²) >= 11 is 0. The molecule has 106 valence electrons. The lowest BCUT2D eigenvalue weighted by Crippen LogP contribution is -2.16. The Balaban J connectivity index is 2.19. The van der Waals surface area contributed by atoms with Crippen LogP contribution in [0.3, 0.4) is 0 Å². The fraction of sp³-hybridized carbons (Fsp3) is 0.429. The highest BCUT2D eigenvalue weighted by molar-refractivity contribution is 5.88. The maximum atomic E-state index is 12.1. The number of hydrogen-bond acceptors (Lipinski definition) is 5. The van der Waals surface area contributed by atoms with E-state index in [0.29, 0.717) is 5.82 Å². The van der Waals surface area contributed by atoms with Crippen molar-refractivity contribution in [1.82, 2.24) is 9.97 Å². The van der Waals surface area contributed by atoms with Gasteiger partial charge in [0.2, 0.25) is 5.75 Å². The Morgan fingerprint density at radius 3 is 2.50 bits per heavy atom. The van der Waals surface area contributed by atoms with E-state index < -0.39 is 22.8 Å². The van der Waals surface area contributed by atoms with Crippen LogP contribution in [0.1, 0.15) is 43.8 Å². The molecule has 1 heterocycles. The van der Waals surface area contributed by atoms with Crippen molar-refractivity contribution in [2.45, 2.75) is 38.0 Å². The molecule has 0 unspecified atom stereocenters. The van der Waals surface area contributed by atoms with Gasteiger partial charge in [0.15, 0.2) is 11.5 Å². The Kier molecular flexibility index (Phi) is 3.00. The molecular formula is C14H16N2O4. The summed E-state index contributed by atoms with van der Waals surface area (Å²) in [5, 5.41) is 28.6. The monoisotopic (exact) mass is 276 g/mol. The van der Waals surface area contributed by atoms with Gasteiger partial charge in [-0.2, -0.15) is 0 Å². The van der Waals surface area contributed by atoms with Crippen molar-refractivity contribution in [2.24, 2.45) is 0 Å². The number of aromatic amines is 1. The lowest BCUT2D eigenvalue weighted by molar-refractivity contribution is 0.371. The van der Waals surface area contributed by atoms with Crippen LogP contribution < -0.4 is 5.56 Å². The third-order valence-corrected chi connectivity index (χ3v) is 3.93. The molecule has 0 aliphatic heterocycles. The summed E-state index contributed by atoms with van der Waals surface area (Å²) in [5.74, 6) is -1.02. The lowest BCUT2D eigenvalue weighted by Gasteiger charge is -2.20. The second kappa shape index (κ2) is 4.70. The number of phenols is 3. The van der Waals surface area contributed by atoms with Crippen LogP contribution in [0.25, 0.3) is 10.9 Å². The molecule has 1 aromatic carbocycles. The zero-order valence-corrected chi connectivity index (χ0v) is 10.9. The molecule has 0 bridgehead atoms. The highest BCUT2D eigenvalue weighted by atomic mass is 16.3. The maximum absolute atomic E-state index is 12.1. The van der Waals surface area contributed by atoms with Gasteiger partial charge in [0.25, 0.3) is 5.56 Å². The molecule has 4 N–H and O–H groups in total. The van der Waals surface area contributed by atoms with Crippen molar-refractivity contribution in [1.29, 1.82) is 0 Å². The molecule has 0 spiro atoms. The zero-order chi connectivity index (χ0) is 14.3. The van der Waals surface area contributed by atoms with Crippen LogP contribution in [-0.2, 0) is 0 Å². The maximum Gasteiger partial charge on any atom is 0.262 e. The molecule has 2 aromatic rings. The second-order valence-electron chi connectivity index (χ2n) is 5.27. The minimum atomic E-state index is -0.699. The van der Waals surface area contributed by atoms with Crippen LogP contribution in [0.4, 0.5) is 0 Å². The largest absolute Gasteiger partial charge is 0.504 e. The van der Waals surface area contributed by atoms with E-state index in [1.807, 2.05) is 0 Å². The first-order valence-corrected chi connectivity index (χ1v) is 6.75. The molecule has 0 atom stereocenters. The molecule has 1 fully saturated rings. The summed E-state index contributed by atoms with van der Waals surface area (Å²) in [6.07, 6.45) is 5.37. The van der Waals surface area contributed by atoms with Gasteiger partial charge in [-0.1, -0.05) is 19.3 Å². The van der Waals surface area contributed by atoms with Gasteiger partial charge in [-0.3, -0.25) is 4.79 Å². The van der Waals surface area contributed by atoms with Crippen molar-refractivity contribution in [3.63, 3.8) is 0 Å². The molecule has 0 radical (unpaired) electrons. The lowest BCUT2D eigenvalue weighted by atomic mass is 9.88. The minimum Gasteiger partial charge on any atom is -0.504 e. The molecular weight excluding hydrogens is 260 g/mol. The van der Waals surface area contributed by atoms with E-state index in [1.54, 1.807) is 0 Å². The van der Waals surface area contributed by atoms with E-state index in [1.165, 1.54) is 12.5 Å². The molecule has 1 saturated carbocycles. The van der Waals surface area contributed by atoms with E-state index in [-0.39, 0.29) is 16.8 Å². The standard InChI is InChI=1S/C14H16N2O4/c17-9-6-8-10(12(19)11(9)18)14(20)16-13(15-8)7-4-2-1-3-5-7/h6-7,17-19H,1-5H2,(H,15,16,20). The number of benzene rings is 1. The number of fused-ring (bicyclic) bond motifs is 1. The second-order valence-corrected chi connectivity index (χ2v) is 5.27. The summed E-state index contributed by atoms with van der Waals surface area (Å²) in [6, 6.07) is 1.20. The highest BCUT2D eigenvalue weighted by Crippen LogP contribution is 2.39. The molecule has 20 heavy (non-hydrogen) atoms. The molecule has 3 rings (SSSR count). The summed E-state index contributed by atoms with van der Waals surface area (Å²) < 4.78 is 0. The van der Waals surface area contributed by atoms with Crippen LogP contribution in [0.5, 0.6) is 17.2 Å². The van der Waals surface area contributed by atoms with Gasteiger partial charge in [-0.15, -0.1) is 0 Å². The number of H-pyrrole nitrogens is 1. The van der Waals surface area contributed by atoms with Crippen LogP contribution in [0, 0.1) is 0 Å². The van der Waals surface area contributed by atoms with Crippen LogP contribution in [-0.4, -0.2) is 25.3 Å². The smallest absolute Gasteiger partial charge is 0.262 e. The van der Waals surface area contributed by atoms with E-state index in [4.69, 9.17) is 0 Å². The predicted molar refractivity (Wildman–Crippen MR) is 73.2 cm³/mol. The van der Waals surface area contributed by atoms with E-state index in [0.717, 1.165) is 25.7 Å². The number of phenolic OH excluding ortho intramolecular Hbond substituents is 3. The Morgan fingerprint density at radius 1 is 1.10 bits per heavy atom. The third-order valence-electron chi connectivity index (χ3n) is 3.93. The van der Waals surface area contributed by atoms with Gasteiger partial charge in [-0.25, -0.2) is 4.98 Å². The number of rotatable bonds is 1. The molecule has 1 aliphatic rings. The van der Waals surface area contributed by atoms with Gasteiger partial charge >= 0.3 is 0 Å². The Morgan fingerprint density at radius 2 is 1.80 bits per heavy atom. The SMILES string of the molecule is O=c1[nH]c(C2CCCCC2)nc2cc(O)c(O)c(O)c12. The van der Waals surface area contributed by atoms with Crippen LogP contribution >= 0.6 is 0 Å². The van der Waals surface area contributed by atoms with E-state index >= 15 is 0 Å². The number of hydrogen-bond donors (Lipinski definition) is 4. The van der Waals surface area contributed by atoms with Gasteiger partial charge in [0.1, 0.15) is 11.2 Å². The van der Waals surface area contributed by atoms with Gasteiger partial charge in [-0.05, 0) is 12.8 Å². The Bertz CT molecular complexity index is 717. The molecule has 1 aromatic heterocycles. The average molecular weight is 276 g/mol. The zero-order valence-electron chi connectivity index (χ0n) is 10.9. The van der Waals surface area contributed by atoms with Gasteiger partial charge < -0.3 is 20.3 Å². The number of aromatic hydroxyl groups is 3. The number of aromatic nitrogens is 2. The predicted octanol–water partition coefficient (Wildman–Crippen LogP) is 2.09. The van der Waals surface area contributed by atoms with Crippen LogP contribution in [0.15, 0.2) is 10.9 Å². The summed E-state index contributed by atoms with van der Waals surface area (Å²) in [7, 11) is 0. The van der Waals surface area contributed by atoms with Crippen LogP contribution in [0.2, 0.25) is 0 Å². The van der Waals surface area contributed by atoms with Gasteiger partial charge in [0.05, 0.1) is 5.52 Å². The first-order valence-electron chi connectivity index (χ1n) is 6.75. The molecule has 6 heteroatoms. The van der Waals surface area contributed by atoms with Crippen molar-refractivity contribution in [3.8, 4) is 17.2 Å². The van der Waals surface area contributed by atoms with Crippen molar-refractivity contribution in [3.05, 3.63) is 22.2 Å². The van der Waals surface area contributed by atoms with E-state index in [9.17, 15) is 20.1 Å². The minimum absolute atomic E-state index is 0.0974. The van der Waals surface area contributed by atoms with E-state index in [2.05, 4.69) is 9.97 Å². The average Bonchev–Trinajstić information content (AvgIpc) is 2.45. The molecule has 6 nitrogen and oxygen atoms in total. The first-order chi connectivity index (χ1) is 9.58. The van der Waals surface area contributed by atoms with Gasteiger partial charge in [0, 0.05) is 12.0 Å². The summed E-state index contributed by atoms with van der Waals surface area (Å²) in [6.45, 7) is 0. The summed E-state index contributed by atoms with van der Waals surface area (Å²) in [5.41, 5.74) is -0.300. The van der Waals surface area contributed by atoms with Crippen molar-refractivity contribution < 1.29 is 15.3 Å². The third kappa shape index (κ3) is 1.97. The highest BCUT2D eigenvalue weighted by Gasteiger charge is 2.21. The fourth-order valence-corrected chi connectivity index (χ4v) is 2.85. The Labute approximate surface area is 114 Å². The number of nitrogens with one attached hydrogen (secondary N) is 1. The number of nitrogens with zero attached hydrogens (tertiary/aromatic N) is 1. The molecule has 0 saturated heterocycles.